The molecule has 1 heterocycles. The van der Waals surface area contributed by atoms with Crippen molar-refractivity contribution < 1.29 is 18.7 Å². The fraction of sp³-hybridized carbons (Fsp3) is 0.316. The number of rotatable bonds is 5. The molecule has 1 saturated heterocycles. The van der Waals surface area contributed by atoms with Gasteiger partial charge in [-0.15, -0.1) is 0 Å². The monoisotopic (exact) mass is 344 g/mol. The smallest absolute Gasteiger partial charge is 0.260 e. The number of ether oxygens (including phenoxy) is 2. The van der Waals surface area contributed by atoms with Crippen molar-refractivity contribution >= 4 is 11.6 Å². The fourth-order valence-electron chi connectivity index (χ4n) is 2.79. The highest BCUT2D eigenvalue weighted by molar-refractivity contribution is 5.78. The fourth-order valence-corrected chi connectivity index (χ4v) is 2.79. The zero-order valence-electron chi connectivity index (χ0n) is 14.2. The lowest BCUT2D eigenvalue weighted by Crippen LogP contribution is -2.50. The summed E-state index contributed by atoms with van der Waals surface area (Å²) in [6.07, 6.45) is 0. The molecule has 6 heteroatoms. The molecule has 25 heavy (non-hydrogen) atoms. The highest BCUT2D eigenvalue weighted by Gasteiger charge is 2.21. The van der Waals surface area contributed by atoms with Crippen molar-refractivity contribution in [1.29, 1.82) is 0 Å². The predicted octanol–water partition coefficient (Wildman–Crippen LogP) is 2.56. The zero-order chi connectivity index (χ0) is 17.6. The Hall–Kier alpha value is -2.76. The lowest BCUT2D eigenvalue weighted by atomic mass is 10.2. The maximum atomic E-state index is 13.0. The van der Waals surface area contributed by atoms with Crippen LogP contribution >= 0.6 is 0 Å². The van der Waals surface area contributed by atoms with Crippen LogP contribution in [0.2, 0.25) is 0 Å². The number of amides is 1. The number of anilines is 1. The Morgan fingerprint density at radius 1 is 1.04 bits per heavy atom. The molecule has 0 atom stereocenters. The molecule has 0 spiro atoms. The van der Waals surface area contributed by atoms with Crippen LogP contribution in [0.3, 0.4) is 0 Å². The Labute approximate surface area is 146 Å². The molecule has 3 rings (SSSR count). The lowest BCUT2D eigenvalue weighted by Gasteiger charge is -2.36. The van der Waals surface area contributed by atoms with Crippen LogP contribution in [0.4, 0.5) is 10.1 Å². The summed E-state index contributed by atoms with van der Waals surface area (Å²) in [6.45, 7) is 2.69. The Kier molecular flexibility index (Phi) is 5.38. The minimum absolute atomic E-state index is 0.00369. The standard InChI is InChI=1S/C19H21FN2O3/c1-24-17-3-2-4-18(13-17)25-14-19(23)22-11-9-21(10-12-22)16-7-5-15(20)6-8-16/h2-8,13H,9-12,14H2,1H3. The van der Waals surface area contributed by atoms with E-state index in [9.17, 15) is 9.18 Å². The van der Waals surface area contributed by atoms with Gasteiger partial charge in [-0.05, 0) is 36.4 Å². The van der Waals surface area contributed by atoms with Crippen LogP contribution in [0.5, 0.6) is 11.5 Å². The number of hydrogen-bond acceptors (Lipinski definition) is 4. The van der Waals surface area contributed by atoms with E-state index < -0.39 is 0 Å². The second-order valence-electron chi connectivity index (χ2n) is 5.81. The van der Waals surface area contributed by atoms with Gasteiger partial charge in [-0.2, -0.15) is 0 Å². The molecular weight excluding hydrogens is 323 g/mol. The highest BCUT2D eigenvalue weighted by Crippen LogP contribution is 2.19. The van der Waals surface area contributed by atoms with Crippen molar-refractivity contribution in [2.45, 2.75) is 0 Å². The molecule has 0 radical (unpaired) electrons. The largest absolute Gasteiger partial charge is 0.497 e. The average Bonchev–Trinajstić information content (AvgIpc) is 2.67. The van der Waals surface area contributed by atoms with Gasteiger partial charge < -0.3 is 19.3 Å². The molecule has 2 aromatic rings. The molecule has 1 aliphatic rings. The van der Waals surface area contributed by atoms with E-state index in [0.717, 1.165) is 18.8 Å². The Morgan fingerprint density at radius 3 is 2.40 bits per heavy atom. The minimum atomic E-state index is -0.243. The second kappa shape index (κ2) is 7.88. The van der Waals surface area contributed by atoms with Gasteiger partial charge in [-0.25, -0.2) is 4.39 Å². The maximum absolute atomic E-state index is 13.0. The Balaban J connectivity index is 1.48. The number of nitrogens with zero attached hydrogens (tertiary/aromatic N) is 2. The molecule has 1 fully saturated rings. The Bertz CT molecular complexity index is 713. The molecule has 0 unspecified atom stereocenters. The van der Waals surface area contributed by atoms with E-state index in [4.69, 9.17) is 9.47 Å². The van der Waals surface area contributed by atoms with Crippen molar-refractivity contribution in [1.82, 2.24) is 4.90 Å². The number of benzene rings is 2. The molecule has 0 aliphatic carbocycles. The average molecular weight is 344 g/mol. The van der Waals surface area contributed by atoms with Gasteiger partial charge >= 0.3 is 0 Å². The number of methoxy groups -OCH3 is 1. The van der Waals surface area contributed by atoms with Crippen molar-refractivity contribution in [2.75, 3.05) is 44.8 Å². The van der Waals surface area contributed by atoms with Gasteiger partial charge in [0.1, 0.15) is 17.3 Å². The summed E-state index contributed by atoms with van der Waals surface area (Å²) >= 11 is 0. The van der Waals surface area contributed by atoms with Crippen LogP contribution in [0.25, 0.3) is 0 Å². The van der Waals surface area contributed by atoms with E-state index in [1.165, 1.54) is 12.1 Å². The van der Waals surface area contributed by atoms with E-state index in [2.05, 4.69) is 4.90 Å². The normalized spacial score (nSPS) is 14.3. The number of carbonyl (C=O) groups is 1. The van der Waals surface area contributed by atoms with Gasteiger partial charge in [-0.1, -0.05) is 6.07 Å². The first-order valence-electron chi connectivity index (χ1n) is 8.21. The van der Waals surface area contributed by atoms with Crippen molar-refractivity contribution in [2.24, 2.45) is 0 Å². The number of hydrogen-bond donors (Lipinski definition) is 0. The molecule has 1 amide bonds. The summed E-state index contributed by atoms with van der Waals surface area (Å²) in [5.74, 6) is 1.02. The first-order chi connectivity index (χ1) is 12.2. The molecule has 132 valence electrons. The lowest BCUT2D eigenvalue weighted by molar-refractivity contribution is -0.133. The molecule has 0 N–H and O–H groups in total. The van der Waals surface area contributed by atoms with Crippen molar-refractivity contribution in [3.05, 3.63) is 54.3 Å². The predicted molar refractivity (Wildman–Crippen MR) is 93.7 cm³/mol. The van der Waals surface area contributed by atoms with E-state index >= 15 is 0 Å². The Morgan fingerprint density at radius 2 is 1.72 bits per heavy atom. The summed E-state index contributed by atoms with van der Waals surface area (Å²) in [5.41, 5.74) is 0.973. The van der Waals surface area contributed by atoms with Gasteiger partial charge in [0, 0.05) is 37.9 Å². The van der Waals surface area contributed by atoms with Crippen LogP contribution in [0.1, 0.15) is 0 Å². The summed E-state index contributed by atoms with van der Waals surface area (Å²) in [6, 6.07) is 13.6. The van der Waals surface area contributed by atoms with Crippen LogP contribution < -0.4 is 14.4 Å². The van der Waals surface area contributed by atoms with E-state index in [1.54, 1.807) is 36.3 Å². The molecule has 0 bridgehead atoms. The molecule has 1 aliphatic heterocycles. The van der Waals surface area contributed by atoms with Crippen molar-refractivity contribution in [3.63, 3.8) is 0 Å². The van der Waals surface area contributed by atoms with E-state index in [0.29, 0.717) is 24.6 Å². The molecular formula is C19H21FN2O3. The van der Waals surface area contributed by atoms with Gasteiger partial charge in [0.15, 0.2) is 6.61 Å². The molecule has 2 aromatic carbocycles. The highest BCUT2D eigenvalue weighted by atomic mass is 19.1. The number of carbonyl (C=O) groups excluding carboxylic acids is 1. The van der Waals surface area contributed by atoms with Gasteiger partial charge in [-0.3, -0.25) is 4.79 Å². The number of piperazine rings is 1. The first kappa shape index (κ1) is 17.1. The third kappa shape index (κ3) is 4.41. The number of halogens is 1. The summed E-state index contributed by atoms with van der Waals surface area (Å²) < 4.78 is 23.7. The second-order valence-corrected chi connectivity index (χ2v) is 5.81. The third-order valence-corrected chi connectivity index (χ3v) is 4.23. The van der Waals surface area contributed by atoms with Crippen LogP contribution in [-0.2, 0) is 4.79 Å². The van der Waals surface area contributed by atoms with Crippen LogP contribution in [0.15, 0.2) is 48.5 Å². The third-order valence-electron chi connectivity index (χ3n) is 4.23. The quantitative estimate of drug-likeness (QED) is 0.836. The SMILES string of the molecule is COc1cccc(OCC(=O)N2CCN(c3ccc(F)cc3)CC2)c1. The van der Waals surface area contributed by atoms with Gasteiger partial charge in [0.05, 0.1) is 7.11 Å². The minimum Gasteiger partial charge on any atom is -0.497 e. The zero-order valence-corrected chi connectivity index (χ0v) is 14.2. The van der Waals surface area contributed by atoms with Gasteiger partial charge in [0.2, 0.25) is 0 Å². The molecule has 0 saturated carbocycles. The summed E-state index contributed by atoms with van der Waals surface area (Å²) in [7, 11) is 1.59. The summed E-state index contributed by atoms with van der Waals surface area (Å²) in [5, 5.41) is 0. The first-order valence-corrected chi connectivity index (χ1v) is 8.21. The molecule has 5 nitrogen and oxygen atoms in total. The summed E-state index contributed by atoms with van der Waals surface area (Å²) in [4.78, 5) is 16.3. The van der Waals surface area contributed by atoms with Gasteiger partial charge in [0.25, 0.3) is 5.91 Å². The van der Waals surface area contributed by atoms with Crippen LogP contribution in [0, 0.1) is 5.82 Å². The van der Waals surface area contributed by atoms with E-state index in [1.807, 2.05) is 12.1 Å². The van der Waals surface area contributed by atoms with Crippen LogP contribution in [-0.4, -0.2) is 50.7 Å². The maximum Gasteiger partial charge on any atom is 0.260 e. The molecule has 0 aromatic heterocycles. The van der Waals surface area contributed by atoms with E-state index in [-0.39, 0.29) is 18.3 Å². The topological polar surface area (TPSA) is 42.0 Å². The van der Waals surface area contributed by atoms with Crippen molar-refractivity contribution in [3.8, 4) is 11.5 Å².